The fraction of sp³-hybridized carbons (Fsp3) is 0.632. The lowest BCUT2D eigenvalue weighted by atomic mass is 10.2. The van der Waals surface area contributed by atoms with Gasteiger partial charge in [0, 0.05) is 49.3 Å². The number of ether oxygens (including phenoxy) is 1. The van der Waals surface area contributed by atoms with Crippen LogP contribution in [0.3, 0.4) is 0 Å². The van der Waals surface area contributed by atoms with Crippen LogP contribution in [0.1, 0.15) is 32.1 Å². The molecular weight excluding hydrogens is 320 g/mol. The lowest BCUT2D eigenvalue weighted by molar-refractivity contribution is -0.132. The SMILES string of the molecule is COc1ccc(SCCC(=O)N2CCN(C3CCCC3)CC2)cc1. The summed E-state index contributed by atoms with van der Waals surface area (Å²) in [4.78, 5) is 18.2. The van der Waals surface area contributed by atoms with E-state index in [9.17, 15) is 4.79 Å². The number of carbonyl (C=O) groups is 1. The van der Waals surface area contributed by atoms with E-state index in [1.165, 1.54) is 30.6 Å². The molecule has 1 aromatic rings. The molecule has 132 valence electrons. The van der Waals surface area contributed by atoms with E-state index >= 15 is 0 Å². The number of piperazine rings is 1. The lowest BCUT2D eigenvalue weighted by Crippen LogP contribution is -2.51. The van der Waals surface area contributed by atoms with E-state index in [0.717, 1.165) is 43.7 Å². The molecule has 2 aliphatic rings. The Morgan fingerprint density at radius 2 is 1.79 bits per heavy atom. The number of nitrogens with zero attached hydrogens (tertiary/aromatic N) is 2. The number of benzene rings is 1. The maximum atomic E-state index is 12.4. The van der Waals surface area contributed by atoms with Crippen LogP contribution in [0.4, 0.5) is 0 Å². The van der Waals surface area contributed by atoms with Gasteiger partial charge in [-0.05, 0) is 37.1 Å². The Morgan fingerprint density at radius 3 is 2.42 bits per heavy atom. The average molecular weight is 349 g/mol. The van der Waals surface area contributed by atoms with Crippen LogP contribution >= 0.6 is 11.8 Å². The van der Waals surface area contributed by atoms with Crippen LogP contribution < -0.4 is 4.74 Å². The predicted molar refractivity (Wildman–Crippen MR) is 98.7 cm³/mol. The molecule has 0 radical (unpaired) electrons. The van der Waals surface area contributed by atoms with Gasteiger partial charge in [-0.2, -0.15) is 0 Å². The Hall–Kier alpha value is -1.20. The van der Waals surface area contributed by atoms with Gasteiger partial charge in [0.1, 0.15) is 5.75 Å². The van der Waals surface area contributed by atoms with Crippen molar-refractivity contribution in [3.63, 3.8) is 0 Å². The van der Waals surface area contributed by atoms with Crippen molar-refractivity contribution in [2.45, 2.75) is 43.0 Å². The van der Waals surface area contributed by atoms with Gasteiger partial charge in [-0.1, -0.05) is 12.8 Å². The topological polar surface area (TPSA) is 32.8 Å². The van der Waals surface area contributed by atoms with Crippen molar-refractivity contribution in [1.29, 1.82) is 0 Å². The normalized spacial score (nSPS) is 19.6. The molecule has 1 aliphatic heterocycles. The summed E-state index contributed by atoms with van der Waals surface area (Å²) in [7, 11) is 1.67. The highest BCUT2D eigenvalue weighted by Gasteiger charge is 2.27. The third-order valence-corrected chi connectivity index (χ3v) is 6.17. The maximum absolute atomic E-state index is 12.4. The van der Waals surface area contributed by atoms with Gasteiger partial charge in [-0.25, -0.2) is 0 Å². The molecule has 0 N–H and O–H groups in total. The summed E-state index contributed by atoms with van der Waals surface area (Å²) in [6.45, 7) is 3.93. The smallest absolute Gasteiger partial charge is 0.223 e. The first-order chi connectivity index (χ1) is 11.8. The number of hydrogen-bond donors (Lipinski definition) is 0. The van der Waals surface area contributed by atoms with Crippen LogP contribution in [0.25, 0.3) is 0 Å². The van der Waals surface area contributed by atoms with Gasteiger partial charge < -0.3 is 9.64 Å². The number of carbonyl (C=O) groups excluding carboxylic acids is 1. The number of methoxy groups -OCH3 is 1. The highest BCUT2D eigenvalue weighted by molar-refractivity contribution is 7.99. The monoisotopic (exact) mass is 348 g/mol. The van der Waals surface area contributed by atoms with Crippen molar-refractivity contribution in [2.75, 3.05) is 39.0 Å². The van der Waals surface area contributed by atoms with Gasteiger partial charge >= 0.3 is 0 Å². The van der Waals surface area contributed by atoms with Gasteiger partial charge in [-0.15, -0.1) is 11.8 Å². The number of amides is 1. The minimum atomic E-state index is 0.307. The van der Waals surface area contributed by atoms with Crippen molar-refractivity contribution in [3.8, 4) is 5.75 Å². The van der Waals surface area contributed by atoms with Crippen molar-refractivity contribution in [3.05, 3.63) is 24.3 Å². The average Bonchev–Trinajstić information content (AvgIpc) is 3.17. The van der Waals surface area contributed by atoms with Crippen molar-refractivity contribution >= 4 is 17.7 Å². The molecule has 1 heterocycles. The Balaban J connectivity index is 1.36. The Labute approximate surface area is 149 Å². The van der Waals surface area contributed by atoms with E-state index in [1.807, 2.05) is 24.3 Å². The fourth-order valence-corrected chi connectivity index (χ4v) is 4.53. The third kappa shape index (κ3) is 4.67. The van der Waals surface area contributed by atoms with Gasteiger partial charge in [-0.3, -0.25) is 9.69 Å². The van der Waals surface area contributed by atoms with E-state index in [4.69, 9.17) is 4.74 Å². The fourth-order valence-electron chi connectivity index (χ4n) is 3.69. The summed E-state index contributed by atoms with van der Waals surface area (Å²) < 4.78 is 5.16. The van der Waals surface area contributed by atoms with Crippen molar-refractivity contribution in [2.24, 2.45) is 0 Å². The molecule has 0 atom stereocenters. The quantitative estimate of drug-likeness (QED) is 0.739. The zero-order chi connectivity index (χ0) is 16.8. The van der Waals surface area contributed by atoms with E-state index in [1.54, 1.807) is 18.9 Å². The second-order valence-corrected chi connectivity index (χ2v) is 7.80. The second-order valence-electron chi connectivity index (χ2n) is 6.63. The van der Waals surface area contributed by atoms with E-state index < -0.39 is 0 Å². The summed E-state index contributed by atoms with van der Waals surface area (Å²) in [5.41, 5.74) is 0. The highest BCUT2D eigenvalue weighted by atomic mass is 32.2. The van der Waals surface area contributed by atoms with E-state index in [0.29, 0.717) is 12.3 Å². The van der Waals surface area contributed by atoms with Gasteiger partial charge in [0.15, 0.2) is 0 Å². The first-order valence-electron chi connectivity index (χ1n) is 9.05. The van der Waals surface area contributed by atoms with E-state index in [-0.39, 0.29) is 0 Å². The molecule has 0 aromatic heterocycles. The lowest BCUT2D eigenvalue weighted by Gasteiger charge is -2.38. The molecule has 0 unspecified atom stereocenters. The number of thioether (sulfide) groups is 1. The second kappa shape index (κ2) is 8.77. The zero-order valence-electron chi connectivity index (χ0n) is 14.6. The largest absolute Gasteiger partial charge is 0.497 e. The summed E-state index contributed by atoms with van der Waals surface area (Å²) in [5.74, 6) is 2.02. The molecular formula is C19H28N2O2S. The molecule has 0 spiro atoms. The molecule has 5 heteroatoms. The molecule has 1 amide bonds. The molecule has 3 rings (SSSR count). The first kappa shape index (κ1) is 17.6. The van der Waals surface area contributed by atoms with Crippen molar-refractivity contribution < 1.29 is 9.53 Å². The molecule has 1 aliphatic carbocycles. The van der Waals surface area contributed by atoms with Crippen LogP contribution in [0.15, 0.2) is 29.2 Å². The van der Waals surface area contributed by atoms with Crippen LogP contribution in [-0.2, 0) is 4.79 Å². The standard InChI is InChI=1S/C19H28N2O2S/c1-23-17-6-8-18(9-7-17)24-15-10-19(22)21-13-11-20(12-14-21)16-4-2-3-5-16/h6-9,16H,2-5,10-15H2,1H3. The molecule has 24 heavy (non-hydrogen) atoms. The van der Waals surface area contributed by atoms with Crippen LogP contribution in [0.2, 0.25) is 0 Å². The Kier molecular flexibility index (Phi) is 6.44. The molecule has 4 nitrogen and oxygen atoms in total. The van der Waals surface area contributed by atoms with Gasteiger partial charge in [0.2, 0.25) is 5.91 Å². The Bertz CT molecular complexity index is 521. The molecule has 2 fully saturated rings. The Morgan fingerprint density at radius 1 is 1.12 bits per heavy atom. The molecule has 0 bridgehead atoms. The van der Waals surface area contributed by atoms with Crippen LogP contribution in [-0.4, -0.2) is 60.8 Å². The molecule has 1 saturated carbocycles. The van der Waals surface area contributed by atoms with Crippen LogP contribution in [0, 0.1) is 0 Å². The van der Waals surface area contributed by atoms with Crippen LogP contribution in [0.5, 0.6) is 5.75 Å². The summed E-state index contributed by atoms with van der Waals surface area (Å²) >= 11 is 1.74. The minimum Gasteiger partial charge on any atom is -0.497 e. The molecule has 1 saturated heterocycles. The maximum Gasteiger partial charge on any atom is 0.223 e. The number of hydrogen-bond acceptors (Lipinski definition) is 4. The van der Waals surface area contributed by atoms with Gasteiger partial charge in [0.25, 0.3) is 0 Å². The predicted octanol–water partition coefficient (Wildman–Crippen LogP) is 3.26. The summed E-state index contributed by atoms with van der Waals surface area (Å²) in [6.07, 6.45) is 6.10. The minimum absolute atomic E-state index is 0.307. The summed E-state index contributed by atoms with van der Waals surface area (Å²) in [5, 5.41) is 0. The zero-order valence-corrected chi connectivity index (χ0v) is 15.4. The van der Waals surface area contributed by atoms with E-state index in [2.05, 4.69) is 9.80 Å². The van der Waals surface area contributed by atoms with Gasteiger partial charge in [0.05, 0.1) is 7.11 Å². The first-order valence-corrected chi connectivity index (χ1v) is 10.0. The number of rotatable bonds is 6. The summed E-state index contributed by atoms with van der Waals surface area (Å²) in [6, 6.07) is 8.81. The highest BCUT2D eigenvalue weighted by Crippen LogP contribution is 2.25. The third-order valence-electron chi connectivity index (χ3n) is 5.15. The van der Waals surface area contributed by atoms with Crippen molar-refractivity contribution in [1.82, 2.24) is 9.80 Å². The molecule has 1 aromatic carbocycles.